The highest BCUT2D eigenvalue weighted by molar-refractivity contribution is 6.31. The van der Waals surface area contributed by atoms with Gasteiger partial charge in [0, 0.05) is 35.0 Å². The fourth-order valence-corrected chi connectivity index (χ4v) is 3.51. The second kappa shape index (κ2) is 8.49. The number of nitrogens with two attached hydrogens (primary N) is 1. The summed E-state index contributed by atoms with van der Waals surface area (Å²) < 4.78 is 2.03. The van der Waals surface area contributed by atoms with Crippen molar-refractivity contribution in [2.75, 3.05) is 10.6 Å². The van der Waals surface area contributed by atoms with Gasteiger partial charge in [0.2, 0.25) is 0 Å². The molecule has 0 spiro atoms. The number of rotatable bonds is 5. The van der Waals surface area contributed by atoms with E-state index in [-0.39, 0.29) is 11.7 Å². The lowest BCUT2D eigenvalue weighted by Crippen LogP contribution is -2.19. The zero-order chi connectivity index (χ0) is 22.0. The van der Waals surface area contributed by atoms with Gasteiger partial charge in [0.15, 0.2) is 0 Å². The molecule has 0 radical (unpaired) electrons. The number of anilines is 2. The molecule has 0 fully saturated rings. The van der Waals surface area contributed by atoms with Gasteiger partial charge < -0.3 is 20.9 Å². The molecule has 7 nitrogen and oxygen atoms in total. The van der Waals surface area contributed by atoms with Crippen LogP contribution >= 0.6 is 11.6 Å². The number of urea groups is 1. The lowest BCUT2D eigenvalue weighted by molar-refractivity contribution is 0.0995. The number of carbonyl (C=O) groups is 2. The standard InChI is InChI=1S/C23H20ClN5O2/c1-14-5-6-16(12-18(14)24)27-23(31)28-19-3-2-4-21-17(19)8-10-29(21)13-15-7-9-26-20(11-15)22(25)30/h2-12H,13H2,1H3,(H2,25,30)(H2,27,28,31). The Hall–Kier alpha value is -3.84. The molecule has 4 aromatic rings. The Labute approximate surface area is 183 Å². The first kappa shape index (κ1) is 20.4. The molecule has 31 heavy (non-hydrogen) atoms. The number of aromatic nitrogens is 2. The largest absolute Gasteiger partial charge is 0.364 e. The number of halogens is 1. The van der Waals surface area contributed by atoms with Gasteiger partial charge in [0.25, 0.3) is 5.91 Å². The van der Waals surface area contributed by atoms with E-state index < -0.39 is 5.91 Å². The highest BCUT2D eigenvalue weighted by Crippen LogP contribution is 2.26. The van der Waals surface area contributed by atoms with E-state index in [0.29, 0.717) is 22.9 Å². The second-order valence-electron chi connectivity index (χ2n) is 7.14. The zero-order valence-electron chi connectivity index (χ0n) is 16.7. The summed E-state index contributed by atoms with van der Waals surface area (Å²) in [6.07, 6.45) is 3.49. The van der Waals surface area contributed by atoms with Crippen LogP contribution in [0.2, 0.25) is 5.02 Å². The Morgan fingerprint density at radius 1 is 1.10 bits per heavy atom. The van der Waals surface area contributed by atoms with Crippen molar-refractivity contribution in [2.24, 2.45) is 5.73 Å². The predicted molar refractivity (Wildman–Crippen MR) is 123 cm³/mol. The van der Waals surface area contributed by atoms with Gasteiger partial charge in [-0.05, 0) is 60.5 Å². The summed E-state index contributed by atoms with van der Waals surface area (Å²) in [5, 5.41) is 7.17. The normalized spacial score (nSPS) is 10.8. The van der Waals surface area contributed by atoms with Crippen LogP contribution in [0, 0.1) is 6.92 Å². The molecule has 0 aliphatic heterocycles. The molecule has 156 valence electrons. The third kappa shape index (κ3) is 4.51. The number of hydrogen-bond acceptors (Lipinski definition) is 3. The van der Waals surface area contributed by atoms with Gasteiger partial charge in [0.1, 0.15) is 5.69 Å². The molecule has 2 aromatic heterocycles. The molecule has 4 N–H and O–H groups in total. The van der Waals surface area contributed by atoms with Gasteiger partial charge in [-0.3, -0.25) is 9.78 Å². The number of pyridine rings is 1. The van der Waals surface area contributed by atoms with E-state index in [1.165, 1.54) is 0 Å². The third-order valence-electron chi connectivity index (χ3n) is 4.92. The number of hydrogen-bond donors (Lipinski definition) is 3. The molecule has 4 rings (SSSR count). The Morgan fingerprint density at radius 2 is 1.94 bits per heavy atom. The SMILES string of the molecule is Cc1ccc(NC(=O)Nc2cccc3c2ccn3Cc2ccnc(C(N)=O)c2)cc1Cl. The number of primary amides is 1. The maximum atomic E-state index is 12.5. The van der Waals surface area contributed by atoms with Crippen LogP contribution in [0.3, 0.4) is 0 Å². The minimum atomic E-state index is -0.563. The van der Waals surface area contributed by atoms with Gasteiger partial charge in [-0.1, -0.05) is 23.7 Å². The number of nitrogens with zero attached hydrogens (tertiary/aromatic N) is 2. The average molecular weight is 434 g/mol. The Kier molecular flexibility index (Phi) is 5.60. The van der Waals surface area contributed by atoms with E-state index in [0.717, 1.165) is 22.0 Å². The molecule has 0 unspecified atom stereocenters. The maximum Gasteiger partial charge on any atom is 0.323 e. The van der Waals surface area contributed by atoms with Crippen LogP contribution in [0.5, 0.6) is 0 Å². The van der Waals surface area contributed by atoms with Crippen molar-refractivity contribution >= 4 is 45.8 Å². The van der Waals surface area contributed by atoms with Crippen molar-refractivity contribution in [1.82, 2.24) is 9.55 Å². The average Bonchev–Trinajstić information content (AvgIpc) is 3.15. The summed E-state index contributed by atoms with van der Waals surface area (Å²) in [5.41, 5.74) is 9.62. The van der Waals surface area contributed by atoms with Crippen molar-refractivity contribution < 1.29 is 9.59 Å². The molecule has 2 heterocycles. The van der Waals surface area contributed by atoms with E-state index in [1.54, 1.807) is 24.4 Å². The smallest absolute Gasteiger partial charge is 0.323 e. The molecular formula is C23H20ClN5O2. The van der Waals surface area contributed by atoms with Gasteiger partial charge in [0.05, 0.1) is 11.2 Å². The number of benzene rings is 2. The molecule has 0 saturated heterocycles. The molecule has 0 aliphatic carbocycles. The van der Waals surface area contributed by atoms with Crippen LogP contribution in [0.1, 0.15) is 21.6 Å². The molecule has 0 atom stereocenters. The van der Waals surface area contributed by atoms with E-state index in [1.807, 2.05) is 54.1 Å². The first-order valence-corrected chi connectivity index (χ1v) is 9.95. The minimum absolute atomic E-state index is 0.226. The van der Waals surface area contributed by atoms with Crippen molar-refractivity contribution in [3.8, 4) is 0 Å². The molecule has 0 saturated carbocycles. The minimum Gasteiger partial charge on any atom is -0.364 e. The first-order valence-electron chi connectivity index (χ1n) is 9.57. The van der Waals surface area contributed by atoms with Crippen LogP contribution in [0.25, 0.3) is 10.9 Å². The second-order valence-corrected chi connectivity index (χ2v) is 7.55. The summed E-state index contributed by atoms with van der Waals surface area (Å²) in [7, 11) is 0. The Bertz CT molecular complexity index is 1300. The van der Waals surface area contributed by atoms with Crippen LogP contribution < -0.4 is 16.4 Å². The van der Waals surface area contributed by atoms with Crippen LogP contribution in [-0.4, -0.2) is 21.5 Å². The van der Waals surface area contributed by atoms with Crippen LogP contribution in [-0.2, 0) is 6.54 Å². The number of carbonyl (C=O) groups excluding carboxylic acids is 2. The van der Waals surface area contributed by atoms with Crippen molar-refractivity contribution in [3.05, 3.63) is 88.8 Å². The lowest BCUT2D eigenvalue weighted by Gasteiger charge is -2.11. The van der Waals surface area contributed by atoms with E-state index in [4.69, 9.17) is 17.3 Å². The summed E-state index contributed by atoms with van der Waals surface area (Å²) in [6, 6.07) is 16.1. The number of fused-ring (bicyclic) bond motifs is 1. The van der Waals surface area contributed by atoms with Gasteiger partial charge in [-0.15, -0.1) is 0 Å². The molecule has 0 bridgehead atoms. The van der Waals surface area contributed by atoms with Gasteiger partial charge in [-0.25, -0.2) is 4.79 Å². The summed E-state index contributed by atoms with van der Waals surface area (Å²) in [6.45, 7) is 2.43. The predicted octanol–water partition coefficient (Wildman–Crippen LogP) is 4.79. The summed E-state index contributed by atoms with van der Waals surface area (Å²) in [5.74, 6) is -0.563. The highest BCUT2D eigenvalue weighted by Gasteiger charge is 2.11. The number of nitrogens with one attached hydrogen (secondary N) is 2. The fourth-order valence-electron chi connectivity index (χ4n) is 3.33. The zero-order valence-corrected chi connectivity index (χ0v) is 17.5. The molecular weight excluding hydrogens is 414 g/mol. The van der Waals surface area contributed by atoms with Crippen LogP contribution in [0.15, 0.2) is 67.0 Å². The highest BCUT2D eigenvalue weighted by atomic mass is 35.5. The van der Waals surface area contributed by atoms with E-state index >= 15 is 0 Å². The Balaban J connectivity index is 1.54. The molecule has 0 aliphatic rings. The van der Waals surface area contributed by atoms with E-state index in [9.17, 15) is 9.59 Å². The molecule has 3 amide bonds. The Morgan fingerprint density at radius 3 is 2.71 bits per heavy atom. The monoisotopic (exact) mass is 433 g/mol. The molecule has 8 heteroatoms. The molecule has 2 aromatic carbocycles. The van der Waals surface area contributed by atoms with Crippen LogP contribution in [0.4, 0.5) is 16.2 Å². The van der Waals surface area contributed by atoms with Crippen molar-refractivity contribution in [1.29, 1.82) is 0 Å². The summed E-state index contributed by atoms with van der Waals surface area (Å²) in [4.78, 5) is 27.9. The first-order chi connectivity index (χ1) is 14.9. The number of aryl methyl sites for hydroxylation is 1. The maximum absolute atomic E-state index is 12.5. The van der Waals surface area contributed by atoms with E-state index in [2.05, 4.69) is 15.6 Å². The topological polar surface area (TPSA) is 102 Å². The van der Waals surface area contributed by atoms with Gasteiger partial charge >= 0.3 is 6.03 Å². The van der Waals surface area contributed by atoms with Crippen molar-refractivity contribution in [2.45, 2.75) is 13.5 Å². The van der Waals surface area contributed by atoms with Gasteiger partial charge in [-0.2, -0.15) is 0 Å². The fraction of sp³-hybridized carbons (Fsp3) is 0.0870. The quantitative estimate of drug-likeness (QED) is 0.421. The van der Waals surface area contributed by atoms with Crippen molar-refractivity contribution in [3.63, 3.8) is 0 Å². The third-order valence-corrected chi connectivity index (χ3v) is 5.33. The number of amides is 3. The lowest BCUT2D eigenvalue weighted by atomic mass is 10.2. The summed E-state index contributed by atoms with van der Waals surface area (Å²) >= 11 is 6.13.